The summed E-state index contributed by atoms with van der Waals surface area (Å²) in [5.41, 5.74) is 0.378. The van der Waals surface area contributed by atoms with Crippen molar-refractivity contribution in [1.82, 2.24) is 4.31 Å². The Bertz CT molecular complexity index is 699. The van der Waals surface area contributed by atoms with Gasteiger partial charge >= 0.3 is 5.97 Å². The van der Waals surface area contributed by atoms with Crippen LogP contribution < -0.4 is 0 Å². The van der Waals surface area contributed by atoms with Gasteiger partial charge in [0.05, 0.1) is 10.5 Å². The topological polar surface area (TPSA) is 63.7 Å². The predicted octanol–water partition coefficient (Wildman–Crippen LogP) is 2.12. The van der Waals surface area contributed by atoms with Gasteiger partial charge in [0.15, 0.2) is 6.73 Å². The normalized spacial score (nSPS) is 11.3. The number of ether oxygens (including phenoxy) is 1. The number of rotatable bonds is 5. The highest BCUT2D eigenvalue weighted by Gasteiger charge is 2.21. The number of esters is 1. The summed E-state index contributed by atoms with van der Waals surface area (Å²) in [7, 11) is -2.30. The molecule has 0 spiro atoms. The molecule has 0 aliphatic heterocycles. The maximum absolute atomic E-state index is 12.2. The van der Waals surface area contributed by atoms with Crippen molar-refractivity contribution in [3.05, 3.63) is 66.2 Å². The summed E-state index contributed by atoms with van der Waals surface area (Å²) >= 11 is 0. The zero-order valence-electron chi connectivity index (χ0n) is 11.5. The Morgan fingerprint density at radius 3 is 2.10 bits per heavy atom. The molecular formula is C15H15NO4S. The van der Waals surface area contributed by atoms with E-state index >= 15 is 0 Å². The van der Waals surface area contributed by atoms with Gasteiger partial charge in [0.25, 0.3) is 0 Å². The Morgan fingerprint density at radius 1 is 1.00 bits per heavy atom. The van der Waals surface area contributed by atoms with Crippen molar-refractivity contribution >= 4 is 16.0 Å². The van der Waals surface area contributed by atoms with Gasteiger partial charge in [-0.25, -0.2) is 13.2 Å². The minimum Gasteiger partial charge on any atom is -0.445 e. The number of nitrogens with zero attached hydrogens (tertiary/aromatic N) is 1. The van der Waals surface area contributed by atoms with E-state index in [1.54, 1.807) is 48.5 Å². The molecule has 2 rings (SSSR count). The van der Waals surface area contributed by atoms with E-state index in [0.717, 1.165) is 4.31 Å². The predicted molar refractivity (Wildman–Crippen MR) is 78.1 cm³/mol. The van der Waals surface area contributed by atoms with E-state index in [2.05, 4.69) is 0 Å². The third-order valence-electron chi connectivity index (χ3n) is 2.84. The van der Waals surface area contributed by atoms with Gasteiger partial charge in [0.2, 0.25) is 10.0 Å². The number of carbonyl (C=O) groups excluding carboxylic acids is 1. The SMILES string of the molecule is CN(COC(=O)c1ccccc1)S(=O)(=O)c1ccccc1. The number of hydrogen-bond acceptors (Lipinski definition) is 4. The van der Waals surface area contributed by atoms with Gasteiger partial charge in [-0.15, -0.1) is 0 Å². The highest BCUT2D eigenvalue weighted by molar-refractivity contribution is 7.89. The van der Waals surface area contributed by atoms with Crippen LogP contribution in [-0.4, -0.2) is 32.5 Å². The van der Waals surface area contributed by atoms with Gasteiger partial charge in [0, 0.05) is 7.05 Å². The van der Waals surface area contributed by atoms with Crippen LogP contribution in [0.25, 0.3) is 0 Å². The van der Waals surface area contributed by atoms with Gasteiger partial charge in [-0.1, -0.05) is 36.4 Å². The van der Waals surface area contributed by atoms with E-state index in [-0.39, 0.29) is 11.6 Å². The van der Waals surface area contributed by atoms with Gasteiger partial charge < -0.3 is 4.74 Å². The second-order valence-electron chi connectivity index (χ2n) is 4.34. The molecule has 0 aliphatic carbocycles. The van der Waals surface area contributed by atoms with Crippen LogP contribution in [0.1, 0.15) is 10.4 Å². The third-order valence-corrected chi connectivity index (χ3v) is 4.63. The number of carbonyl (C=O) groups is 1. The van der Waals surface area contributed by atoms with E-state index < -0.39 is 16.0 Å². The van der Waals surface area contributed by atoms with Crippen LogP contribution in [0.15, 0.2) is 65.6 Å². The lowest BCUT2D eigenvalue weighted by Crippen LogP contribution is -2.30. The highest BCUT2D eigenvalue weighted by atomic mass is 32.2. The molecule has 2 aromatic rings. The van der Waals surface area contributed by atoms with Crippen molar-refractivity contribution in [1.29, 1.82) is 0 Å². The molecule has 21 heavy (non-hydrogen) atoms. The standard InChI is InChI=1S/C15H15NO4S/c1-16(21(18,19)14-10-6-3-7-11-14)12-20-15(17)13-8-4-2-5-9-13/h2-11H,12H2,1H3. The largest absolute Gasteiger partial charge is 0.445 e. The minimum absolute atomic E-state index is 0.156. The Kier molecular flexibility index (Phi) is 4.72. The van der Waals surface area contributed by atoms with Gasteiger partial charge in [-0.2, -0.15) is 4.31 Å². The number of sulfonamides is 1. The minimum atomic E-state index is -3.66. The zero-order chi connectivity index (χ0) is 15.3. The third kappa shape index (κ3) is 3.68. The zero-order valence-corrected chi connectivity index (χ0v) is 12.3. The Hall–Kier alpha value is -2.18. The van der Waals surface area contributed by atoms with E-state index in [0.29, 0.717) is 5.56 Å². The molecule has 0 aromatic heterocycles. The van der Waals surface area contributed by atoms with Crippen molar-refractivity contribution in [2.24, 2.45) is 0 Å². The summed E-state index contributed by atoms with van der Waals surface area (Å²) in [6.07, 6.45) is 0. The summed E-state index contributed by atoms with van der Waals surface area (Å²) in [6.45, 7) is -0.342. The summed E-state index contributed by atoms with van der Waals surface area (Å²) in [5.74, 6) is -0.564. The number of benzene rings is 2. The van der Waals surface area contributed by atoms with E-state index in [1.807, 2.05) is 0 Å². The van der Waals surface area contributed by atoms with Crippen LogP contribution in [-0.2, 0) is 14.8 Å². The van der Waals surface area contributed by atoms with Crippen LogP contribution in [0.4, 0.5) is 0 Å². The summed E-state index contributed by atoms with van der Waals surface area (Å²) in [5, 5.41) is 0. The molecule has 0 heterocycles. The molecule has 0 saturated carbocycles. The van der Waals surface area contributed by atoms with Crippen molar-refractivity contribution in [2.45, 2.75) is 4.90 Å². The first-order valence-corrected chi connectivity index (χ1v) is 7.69. The van der Waals surface area contributed by atoms with Gasteiger partial charge in [-0.3, -0.25) is 0 Å². The molecule has 0 bridgehead atoms. The lowest BCUT2D eigenvalue weighted by molar-refractivity contribution is 0.0394. The second kappa shape index (κ2) is 6.51. The second-order valence-corrected chi connectivity index (χ2v) is 6.39. The van der Waals surface area contributed by atoms with Gasteiger partial charge in [0.1, 0.15) is 0 Å². The van der Waals surface area contributed by atoms with Crippen molar-refractivity contribution in [3.8, 4) is 0 Å². The van der Waals surface area contributed by atoms with E-state index in [9.17, 15) is 13.2 Å². The average Bonchev–Trinajstić information content (AvgIpc) is 2.53. The monoisotopic (exact) mass is 305 g/mol. The Labute approximate surface area is 123 Å². The fourth-order valence-corrected chi connectivity index (χ4v) is 2.70. The molecule has 6 heteroatoms. The average molecular weight is 305 g/mol. The molecule has 0 fully saturated rings. The fraction of sp³-hybridized carbons (Fsp3) is 0.133. The maximum atomic E-state index is 12.2. The molecule has 0 radical (unpaired) electrons. The van der Waals surface area contributed by atoms with Crippen molar-refractivity contribution in [3.63, 3.8) is 0 Å². The van der Waals surface area contributed by atoms with Gasteiger partial charge in [-0.05, 0) is 24.3 Å². The molecule has 0 unspecified atom stereocenters. The Morgan fingerprint density at radius 2 is 1.52 bits per heavy atom. The maximum Gasteiger partial charge on any atom is 0.339 e. The fourth-order valence-electron chi connectivity index (χ4n) is 1.65. The van der Waals surface area contributed by atoms with Crippen molar-refractivity contribution in [2.75, 3.05) is 13.8 Å². The molecule has 0 N–H and O–H groups in total. The lowest BCUT2D eigenvalue weighted by Gasteiger charge is -2.17. The molecule has 0 saturated heterocycles. The molecule has 0 aliphatic rings. The van der Waals surface area contributed by atoms with Crippen LogP contribution in [0, 0.1) is 0 Å². The highest BCUT2D eigenvalue weighted by Crippen LogP contribution is 2.13. The smallest absolute Gasteiger partial charge is 0.339 e. The van der Waals surface area contributed by atoms with E-state index in [4.69, 9.17) is 4.74 Å². The molecular weight excluding hydrogens is 290 g/mol. The molecule has 5 nitrogen and oxygen atoms in total. The quantitative estimate of drug-likeness (QED) is 0.627. The summed E-state index contributed by atoms with van der Waals surface area (Å²) in [4.78, 5) is 11.9. The first-order valence-electron chi connectivity index (χ1n) is 6.25. The van der Waals surface area contributed by atoms with Crippen LogP contribution in [0.3, 0.4) is 0 Å². The van der Waals surface area contributed by atoms with E-state index in [1.165, 1.54) is 19.2 Å². The molecule has 110 valence electrons. The van der Waals surface area contributed by atoms with Crippen LogP contribution >= 0.6 is 0 Å². The summed E-state index contributed by atoms with van der Waals surface area (Å²) in [6, 6.07) is 16.4. The summed E-state index contributed by atoms with van der Waals surface area (Å²) < 4.78 is 30.4. The first-order chi connectivity index (χ1) is 10.0. The Balaban J connectivity index is 2.02. The molecule has 0 atom stereocenters. The first kappa shape index (κ1) is 15.2. The number of hydrogen-bond donors (Lipinski definition) is 0. The van der Waals surface area contributed by atoms with Crippen LogP contribution in [0.2, 0.25) is 0 Å². The van der Waals surface area contributed by atoms with Crippen LogP contribution in [0.5, 0.6) is 0 Å². The van der Waals surface area contributed by atoms with Crippen molar-refractivity contribution < 1.29 is 17.9 Å². The lowest BCUT2D eigenvalue weighted by atomic mass is 10.2. The molecule has 0 amide bonds. The molecule has 2 aromatic carbocycles.